The summed E-state index contributed by atoms with van der Waals surface area (Å²) in [6.45, 7) is 1.92. The summed E-state index contributed by atoms with van der Waals surface area (Å²) in [4.78, 5) is 23.0. The van der Waals surface area contributed by atoms with Gasteiger partial charge in [-0.15, -0.1) is 0 Å². The van der Waals surface area contributed by atoms with Crippen molar-refractivity contribution in [2.24, 2.45) is 5.92 Å². The van der Waals surface area contributed by atoms with Crippen LogP contribution >= 0.6 is 0 Å². The molecule has 1 N–H and O–H groups in total. The number of rotatable bonds is 4. The lowest BCUT2D eigenvalue weighted by atomic mass is 9.80. The van der Waals surface area contributed by atoms with E-state index in [0.29, 0.717) is 19.4 Å². The second-order valence-electron chi connectivity index (χ2n) is 4.81. The van der Waals surface area contributed by atoms with Crippen LogP contribution in [0.1, 0.15) is 25.3 Å². The Bertz CT molecular complexity index is 536. The summed E-state index contributed by atoms with van der Waals surface area (Å²) in [7, 11) is 0. The Kier molecular flexibility index (Phi) is 4.78. The average molecular weight is 271 g/mol. The molecule has 0 spiro atoms. The molecule has 0 aromatic heterocycles. The first-order valence-corrected chi connectivity index (χ1v) is 6.63. The second kappa shape index (κ2) is 6.76. The van der Waals surface area contributed by atoms with Gasteiger partial charge in [0, 0.05) is 6.04 Å². The fourth-order valence-corrected chi connectivity index (χ4v) is 2.11. The van der Waals surface area contributed by atoms with Gasteiger partial charge in [0.25, 0.3) is 5.91 Å². The predicted molar refractivity (Wildman–Crippen MR) is 74.3 cm³/mol. The molecule has 4 heteroatoms. The Balaban J connectivity index is 1.68. The van der Waals surface area contributed by atoms with Gasteiger partial charge >= 0.3 is 5.97 Å². The number of nitrogens with one attached hydrogen (secondary N) is 1. The summed E-state index contributed by atoms with van der Waals surface area (Å²) in [5.74, 6) is 4.37. The van der Waals surface area contributed by atoms with Gasteiger partial charge in [0.2, 0.25) is 0 Å². The summed E-state index contributed by atoms with van der Waals surface area (Å²) in [6, 6.07) is 9.61. The van der Waals surface area contributed by atoms with Crippen LogP contribution in [0.3, 0.4) is 0 Å². The monoisotopic (exact) mass is 271 g/mol. The number of esters is 1. The summed E-state index contributed by atoms with van der Waals surface area (Å²) >= 11 is 0. The Hall–Kier alpha value is -2.28. The maximum absolute atomic E-state index is 11.8. The summed E-state index contributed by atoms with van der Waals surface area (Å²) in [6.07, 6.45) is 1.26. The molecule has 2 rings (SSSR count). The molecule has 1 saturated carbocycles. The largest absolute Gasteiger partial charge is 0.461 e. The van der Waals surface area contributed by atoms with Gasteiger partial charge in [0.1, 0.15) is 6.61 Å². The van der Waals surface area contributed by atoms with Gasteiger partial charge in [0.05, 0.1) is 5.92 Å². The van der Waals surface area contributed by atoms with Crippen LogP contribution in [-0.4, -0.2) is 17.9 Å². The zero-order valence-electron chi connectivity index (χ0n) is 11.4. The van der Waals surface area contributed by atoms with E-state index in [4.69, 9.17) is 4.74 Å². The van der Waals surface area contributed by atoms with Crippen LogP contribution in [0.4, 0.5) is 0 Å². The van der Waals surface area contributed by atoms with Crippen LogP contribution in [-0.2, 0) is 20.9 Å². The van der Waals surface area contributed by atoms with Crippen molar-refractivity contribution in [2.45, 2.75) is 32.4 Å². The van der Waals surface area contributed by atoms with Crippen molar-refractivity contribution in [3.63, 3.8) is 0 Å². The van der Waals surface area contributed by atoms with Gasteiger partial charge in [-0.3, -0.25) is 9.59 Å². The number of hydrogen-bond acceptors (Lipinski definition) is 3. The van der Waals surface area contributed by atoms with Crippen LogP contribution in [0.2, 0.25) is 0 Å². The third-order valence-electron chi connectivity index (χ3n) is 3.27. The normalized spacial score (nSPS) is 20.1. The fraction of sp³-hybridized carbons (Fsp3) is 0.375. The van der Waals surface area contributed by atoms with Crippen molar-refractivity contribution in [2.75, 3.05) is 0 Å². The lowest BCUT2D eigenvalue weighted by Gasteiger charge is -2.33. The molecule has 0 atom stereocenters. The highest BCUT2D eigenvalue weighted by molar-refractivity contribution is 5.93. The summed E-state index contributed by atoms with van der Waals surface area (Å²) in [5.41, 5.74) is 0.975. The molecule has 0 unspecified atom stereocenters. The first-order chi connectivity index (χ1) is 9.69. The minimum Gasteiger partial charge on any atom is -0.461 e. The molecule has 0 aliphatic heterocycles. The van der Waals surface area contributed by atoms with Gasteiger partial charge in [-0.25, -0.2) is 0 Å². The number of hydrogen-bond donors (Lipinski definition) is 1. The first kappa shape index (κ1) is 14.1. The van der Waals surface area contributed by atoms with Crippen molar-refractivity contribution in [1.29, 1.82) is 0 Å². The average Bonchev–Trinajstić information content (AvgIpc) is 2.41. The Morgan fingerprint density at radius 1 is 1.30 bits per heavy atom. The number of carbonyl (C=O) groups excluding carboxylic acids is 2. The molecule has 4 nitrogen and oxygen atoms in total. The van der Waals surface area contributed by atoms with E-state index in [1.54, 1.807) is 6.92 Å². The molecule has 1 aromatic rings. The lowest BCUT2D eigenvalue weighted by molar-refractivity contribution is -0.154. The maximum Gasteiger partial charge on any atom is 0.309 e. The van der Waals surface area contributed by atoms with Gasteiger partial charge in [-0.05, 0) is 31.2 Å². The van der Waals surface area contributed by atoms with Gasteiger partial charge in [-0.1, -0.05) is 36.3 Å². The van der Waals surface area contributed by atoms with Crippen molar-refractivity contribution in [1.82, 2.24) is 5.32 Å². The topological polar surface area (TPSA) is 55.4 Å². The molecule has 0 heterocycles. The van der Waals surface area contributed by atoms with Crippen LogP contribution < -0.4 is 5.32 Å². The highest BCUT2D eigenvalue weighted by Gasteiger charge is 2.36. The minimum absolute atomic E-state index is 0.0395. The molecular weight excluding hydrogens is 254 g/mol. The Morgan fingerprint density at radius 3 is 2.65 bits per heavy atom. The van der Waals surface area contributed by atoms with Crippen molar-refractivity contribution in [3.05, 3.63) is 35.9 Å². The van der Waals surface area contributed by atoms with E-state index in [0.717, 1.165) is 5.56 Å². The number of carbonyl (C=O) groups is 2. The molecular formula is C16H17NO3. The smallest absolute Gasteiger partial charge is 0.309 e. The Labute approximate surface area is 118 Å². The molecule has 0 bridgehead atoms. The van der Waals surface area contributed by atoms with E-state index in [1.807, 2.05) is 30.3 Å². The Morgan fingerprint density at radius 2 is 2.00 bits per heavy atom. The van der Waals surface area contributed by atoms with Gasteiger partial charge in [-0.2, -0.15) is 0 Å². The predicted octanol–water partition coefficient (Wildman–Crippen LogP) is 1.65. The highest BCUT2D eigenvalue weighted by Crippen LogP contribution is 2.28. The number of ether oxygens (including phenoxy) is 1. The standard InChI is InChI=1S/C16H17NO3/c1-2-6-15(18)17-14-9-13(10-14)16(19)20-11-12-7-4-3-5-8-12/h3-5,7-8,13-14H,9-11H2,1H3,(H,17,18). The maximum atomic E-state index is 11.8. The molecule has 0 saturated heterocycles. The van der Waals surface area contributed by atoms with E-state index >= 15 is 0 Å². The third kappa shape index (κ3) is 3.86. The molecule has 1 amide bonds. The minimum atomic E-state index is -0.284. The third-order valence-corrected chi connectivity index (χ3v) is 3.27. The van der Waals surface area contributed by atoms with Crippen molar-refractivity contribution < 1.29 is 14.3 Å². The van der Waals surface area contributed by atoms with Crippen LogP contribution in [0.25, 0.3) is 0 Å². The van der Waals surface area contributed by atoms with E-state index in [1.165, 1.54) is 0 Å². The zero-order chi connectivity index (χ0) is 14.4. The molecule has 1 aliphatic rings. The van der Waals surface area contributed by atoms with E-state index in [9.17, 15) is 9.59 Å². The van der Waals surface area contributed by atoms with Crippen molar-refractivity contribution >= 4 is 11.9 Å². The van der Waals surface area contributed by atoms with Crippen LogP contribution in [0.5, 0.6) is 0 Å². The van der Waals surface area contributed by atoms with E-state index < -0.39 is 0 Å². The van der Waals surface area contributed by atoms with Crippen molar-refractivity contribution in [3.8, 4) is 11.8 Å². The van der Waals surface area contributed by atoms with E-state index in [-0.39, 0.29) is 23.8 Å². The fourth-order valence-electron chi connectivity index (χ4n) is 2.11. The molecule has 1 fully saturated rings. The van der Waals surface area contributed by atoms with Crippen LogP contribution in [0, 0.1) is 17.8 Å². The molecule has 1 aromatic carbocycles. The van der Waals surface area contributed by atoms with Gasteiger partial charge in [0.15, 0.2) is 0 Å². The van der Waals surface area contributed by atoms with E-state index in [2.05, 4.69) is 17.2 Å². The summed E-state index contributed by atoms with van der Waals surface area (Å²) < 4.78 is 5.25. The molecule has 0 radical (unpaired) electrons. The highest BCUT2D eigenvalue weighted by atomic mass is 16.5. The molecule has 1 aliphatic carbocycles. The first-order valence-electron chi connectivity index (χ1n) is 6.63. The van der Waals surface area contributed by atoms with Gasteiger partial charge < -0.3 is 10.1 Å². The summed E-state index contributed by atoms with van der Waals surface area (Å²) in [5, 5.41) is 2.76. The van der Waals surface area contributed by atoms with Crippen LogP contribution in [0.15, 0.2) is 30.3 Å². The zero-order valence-corrected chi connectivity index (χ0v) is 11.4. The number of amides is 1. The molecule has 20 heavy (non-hydrogen) atoms. The lowest BCUT2D eigenvalue weighted by Crippen LogP contribution is -2.46. The quantitative estimate of drug-likeness (QED) is 0.669. The second-order valence-corrected chi connectivity index (χ2v) is 4.81. The SMILES string of the molecule is CC#CC(=O)NC1CC(C(=O)OCc2ccccc2)C1. The number of benzene rings is 1. The molecule has 104 valence electrons.